The fourth-order valence-corrected chi connectivity index (χ4v) is 3.16. The number of rotatable bonds is 5. The lowest BCUT2D eigenvalue weighted by molar-refractivity contribution is -0.384. The number of nitro benzene ring substituents is 1. The summed E-state index contributed by atoms with van der Waals surface area (Å²) in [6.07, 6.45) is 0. The van der Waals surface area contributed by atoms with Crippen molar-refractivity contribution in [2.75, 3.05) is 11.1 Å². The average Bonchev–Trinajstić information content (AvgIpc) is 2.54. The first kappa shape index (κ1) is 18.4. The van der Waals surface area contributed by atoms with Gasteiger partial charge in [-0.15, -0.1) is 0 Å². The SMILES string of the molecule is Cc1cc(C)c(C#N)c(SCC(=O)Nc2ccc([N+](=O)[O-])cc2C)n1. The zero-order valence-corrected chi connectivity index (χ0v) is 14.8. The van der Waals surface area contributed by atoms with Crippen molar-refractivity contribution in [3.63, 3.8) is 0 Å². The van der Waals surface area contributed by atoms with Crippen LogP contribution in [0.1, 0.15) is 22.4 Å². The van der Waals surface area contributed by atoms with E-state index >= 15 is 0 Å². The molecule has 0 saturated carbocycles. The fourth-order valence-electron chi connectivity index (χ4n) is 2.26. The standard InChI is InChI=1S/C17H16N4O3S/c1-10-6-12(3)19-17(14(10)8-18)25-9-16(22)20-15-5-4-13(21(23)24)7-11(15)2/h4-7H,9H2,1-3H3,(H,20,22). The Hall–Kier alpha value is -2.92. The maximum absolute atomic E-state index is 12.1. The number of benzene rings is 1. The highest BCUT2D eigenvalue weighted by atomic mass is 32.2. The normalized spacial score (nSPS) is 10.2. The summed E-state index contributed by atoms with van der Waals surface area (Å²) in [4.78, 5) is 26.7. The van der Waals surface area contributed by atoms with Crippen LogP contribution in [0.25, 0.3) is 0 Å². The molecule has 1 aromatic carbocycles. The molecule has 0 aliphatic rings. The predicted molar refractivity (Wildman–Crippen MR) is 95.6 cm³/mol. The Labute approximate surface area is 149 Å². The smallest absolute Gasteiger partial charge is 0.269 e. The number of carbonyl (C=O) groups excluding carboxylic acids is 1. The summed E-state index contributed by atoms with van der Waals surface area (Å²) in [6.45, 7) is 5.35. The van der Waals surface area contributed by atoms with Gasteiger partial charge in [-0.1, -0.05) is 11.8 Å². The van der Waals surface area contributed by atoms with Gasteiger partial charge >= 0.3 is 0 Å². The second-order valence-electron chi connectivity index (χ2n) is 5.47. The van der Waals surface area contributed by atoms with Crippen LogP contribution in [0.15, 0.2) is 29.3 Å². The molecular formula is C17H16N4O3S. The van der Waals surface area contributed by atoms with Crippen LogP contribution in [-0.2, 0) is 4.79 Å². The van der Waals surface area contributed by atoms with Gasteiger partial charge in [-0.3, -0.25) is 14.9 Å². The molecule has 1 N–H and O–H groups in total. The van der Waals surface area contributed by atoms with Crippen LogP contribution in [0.3, 0.4) is 0 Å². The van der Waals surface area contributed by atoms with Crippen LogP contribution in [0, 0.1) is 42.2 Å². The number of nitriles is 1. The summed E-state index contributed by atoms with van der Waals surface area (Å²) >= 11 is 1.19. The highest BCUT2D eigenvalue weighted by Gasteiger charge is 2.13. The van der Waals surface area contributed by atoms with E-state index in [1.54, 1.807) is 6.92 Å². The molecule has 7 nitrogen and oxygen atoms in total. The zero-order valence-electron chi connectivity index (χ0n) is 14.0. The first-order valence-electron chi connectivity index (χ1n) is 7.38. The number of anilines is 1. The van der Waals surface area contributed by atoms with Gasteiger partial charge in [0.25, 0.3) is 5.69 Å². The minimum absolute atomic E-state index is 0.0250. The average molecular weight is 356 g/mol. The van der Waals surface area contributed by atoms with E-state index in [9.17, 15) is 20.2 Å². The summed E-state index contributed by atoms with van der Waals surface area (Å²) in [5, 5.41) is 23.2. The molecule has 1 amide bonds. The number of nitrogens with zero attached hydrogens (tertiary/aromatic N) is 3. The predicted octanol–water partition coefficient (Wildman–Crippen LogP) is 3.52. The zero-order chi connectivity index (χ0) is 18.6. The first-order chi connectivity index (χ1) is 11.8. The van der Waals surface area contributed by atoms with E-state index in [2.05, 4.69) is 16.4 Å². The molecule has 0 saturated heterocycles. The summed E-state index contributed by atoms with van der Waals surface area (Å²) in [6, 6.07) is 8.19. The molecule has 2 rings (SSSR count). The quantitative estimate of drug-likeness (QED) is 0.499. The van der Waals surface area contributed by atoms with Crippen molar-refractivity contribution < 1.29 is 9.72 Å². The van der Waals surface area contributed by atoms with Crippen LogP contribution in [-0.4, -0.2) is 21.6 Å². The van der Waals surface area contributed by atoms with Gasteiger partial charge in [-0.25, -0.2) is 4.98 Å². The van der Waals surface area contributed by atoms with Gasteiger partial charge in [0.1, 0.15) is 11.1 Å². The molecule has 0 spiro atoms. The molecule has 25 heavy (non-hydrogen) atoms. The summed E-state index contributed by atoms with van der Waals surface area (Å²) in [7, 11) is 0. The summed E-state index contributed by atoms with van der Waals surface area (Å²) in [5.41, 5.74) is 3.17. The third kappa shape index (κ3) is 4.55. The van der Waals surface area contributed by atoms with E-state index < -0.39 is 4.92 Å². The first-order valence-corrected chi connectivity index (χ1v) is 8.36. The van der Waals surface area contributed by atoms with Gasteiger partial charge in [0.05, 0.1) is 16.2 Å². The van der Waals surface area contributed by atoms with Crippen molar-refractivity contribution >= 4 is 29.0 Å². The second-order valence-corrected chi connectivity index (χ2v) is 6.43. The maximum atomic E-state index is 12.1. The molecule has 0 atom stereocenters. The highest BCUT2D eigenvalue weighted by molar-refractivity contribution is 8.00. The van der Waals surface area contributed by atoms with E-state index in [1.807, 2.05) is 19.9 Å². The van der Waals surface area contributed by atoms with Crippen LogP contribution in [0.2, 0.25) is 0 Å². The van der Waals surface area contributed by atoms with Crippen molar-refractivity contribution in [3.8, 4) is 6.07 Å². The van der Waals surface area contributed by atoms with Crippen LogP contribution in [0.5, 0.6) is 0 Å². The third-order valence-corrected chi connectivity index (χ3v) is 4.43. The molecule has 0 fully saturated rings. The molecule has 0 aliphatic carbocycles. The summed E-state index contributed by atoms with van der Waals surface area (Å²) in [5.74, 6) is -0.187. The van der Waals surface area contributed by atoms with Crippen molar-refractivity contribution in [2.24, 2.45) is 0 Å². The molecule has 2 aromatic rings. The monoisotopic (exact) mass is 356 g/mol. The fraction of sp³-hybridized carbons (Fsp3) is 0.235. The number of hydrogen-bond donors (Lipinski definition) is 1. The number of nitrogens with one attached hydrogen (secondary N) is 1. The van der Waals surface area contributed by atoms with Crippen molar-refractivity contribution in [2.45, 2.75) is 25.8 Å². The lowest BCUT2D eigenvalue weighted by Crippen LogP contribution is -2.15. The number of aryl methyl sites for hydroxylation is 3. The lowest BCUT2D eigenvalue weighted by atomic mass is 10.1. The largest absolute Gasteiger partial charge is 0.325 e. The Kier molecular flexibility index (Phi) is 5.72. The maximum Gasteiger partial charge on any atom is 0.269 e. The molecule has 0 aliphatic heterocycles. The van der Waals surface area contributed by atoms with Gasteiger partial charge in [-0.2, -0.15) is 5.26 Å². The minimum atomic E-state index is -0.483. The topological polar surface area (TPSA) is 109 Å². The van der Waals surface area contributed by atoms with Crippen molar-refractivity contribution in [3.05, 3.63) is 56.8 Å². The van der Waals surface area contributed by atoms with Crippen molar-refractivity contribution in [1.82, 2.24) is 4.98 Å². The Bertz CT molecular complexity index is 890. The Morgan fingerprint density at radius 2 is 2.04 bits per heavy atom. The number of non-ortho nitro benzene ring substituents is 1. The molecule has 1 heterocycles. The molecule has 0 unspecified atom stereocenters. The number of aromatic nitrogens is 1. The molecule has 1 aromatic heterocycles. The molecule has 8 heteroatoms. The third-order valence-electron chi connectivity index (χ3n) is 3.46. The van der Waals surface area contributed by atoms with Gasteiger partial charge < -0.3 is 5.32 Å². The van der Waals surface area contributed by atoms with E-state index in [-0.39, 0.29) is 17.3 Å². The Balaban J connectivity index is 2.07. The number of amides is 1. The Morgan fingerprint density at radius 1 is 1.32 bits per heavy atom. The van der Waals surface area contributed by atoms with E-state index in [0.717, 1.165) is 11.3 Å². The molecule has 0 bridgehead atoms. The minimum Gasteiger partial charge on any atom is -0.325 e. The molecular weight excluding hydrogens is 340 g/mol. The molecule has 0 radical (unpaired) electrons. The van der Waals surface area contributed by atoms with Crippen LogP contribution >= 0.6 is 11.8 Å². The van der Waals surface area contributed by atoms with E-state index in [0.29, 0.717) is 21.8 Å². The van der Waals surface area contributed by atoms with Gasteiger partial charge in [-0.05, 0) is 44.0 Å². The summed E-state index contributed by atoms with van der Waals surface area (Å²) < 4.78 is 0. The molecule has 128 valence electrons. The lowest BCUT2D eigenvalue weighted by Gasteiger charge is -2.09. The van der Waals surface area contributed by atoms with Gasteiger partial charge in [0.15, 0.2) is 0 Å². The number of hydrogen-bond acceptors (Lipinski definition) is 6. The Morgan fingerprint density at radius 3 is 2.64 bits per heavy atom. The van der Waals surface area contributed by atoms with Crippen LogP contribution < -0.4 is 5.32 Å². The van der Waals surface area contributed by atoms with Gasteiger partial charge in [0.2, 0.25) is 5.91 Å². The van der Waals surface area contributed by atoms with E-state index in [4.69, 9.17) is 0 Å². The van der Waals surface area contributed by atoms with Crippen molar-refractivity contribution in [1.29, 1.82) is 5.26 Å². The van der Waals surface area contributed by atoms with Gasteiger partial charge in [0, 0.05) is 23.5 Å². The number of nitro groups is 1. The van der Waals surface area contributed by atoms with Crippen LogP contribution in [0.4, 0.5) is 11.4 Å². The second kappa shape index (κ2) is 7.77. The number of carbonyl (C=O) groups is 1. The number of thioether (sulfide) groups is 1. The van der Waals surface area contributed by atoms with E-state index in [1.165, 1.54) is 30.0 Å². The number of pyridine rings is 1. The highest BCUT2D eigenvalue weighted by Crippen LogP contribution is 2.25.